The van der Waals surface area contributed by atoms with E-state index < -0.39 is 0 Å². The number of carbonyl (C=O) groups is 1. The minimum absolute atomic E-state index is 0.0363. The maximum absolute atomic E-state index is 11.6. The highest BCUT2D eigenvalue weighted by atomic mass is 16.1. The van der Waals surface area contributed by atoms with E-state index in [2.05, 4.69) is 50.0 Å². The number of carbonyl (C=O) groups excluding carboxylic acids is 1. The van der Waals surface area contributed by atoms with Crippen molar-refractivity contribution in [3.63, 3.8) is 0 Å². The van der Waals surface area contributed by atoms with Crippen LogP contribution in [0.5, 0.6) is 0 Å². The molecule has 1 amide bonds. The fourth-order valence-electron chi connectivity index (χ4n) is 2.95. The van der Waals surface area contributed by atoms with Crippen LogP contribution in [0, 0.1) is 0 Å². The van der Waals surface area contributed by atoms with Crippen LogP contribution < -0.4 is 15.5 Å². The molecule has 0 spiro atoms. The molecule has 132 valence electrons. The Labute approximate surface area is 148 Å². The third-order valence-corrected chi connectivity index (χ3v) is 4.27. The molecule has 0 bridgehead atoms. The number of anilines is 4. The van der Waals surface area contributed by atoms with Gasteiger partial charge in [-0.1, -0.05) is 6.92 Å². The van der Waals surface area contributed by atoms with Crippen LogP contribution in [-0.4, -0.2) is 29.2 Å². The minimum atomic E-state index is -0.0363. The zero-order chi connectivity index (χ0) is 17.5. The number of hydrogen-bond acceptors (Lipinski definition) is 5. The average molecular weight is 339 g/mol. The van der Waals surface area contributed by atoms with Crippen LogP contribution in [0.3, 0.4) is 0 Å². The molecule has 0 unspecified atom stereocenters. The van der Waals surface area contributed by atoms with E-state index >= 15 is 0 Å². The van der Waals surface area contributed by atoms with E-state index in [0.717, 1.165) is 25.2 Å². The average Bonchev–Trinajstić information content (AvgIpc) is 2.65. The molecule has 0 radical (unpaired) electrons. The van der Waals surface area contributed by atoms with Crippen LogP contribution in [0.15, 0.2) is 36.4 Å². The highest BCUT2D eigenvalue weighted by Gasteiger charge is 2.10. The Morgan fingerprint density at radius 3 is 2.32 bits per heavy atom. The number of nitrogens with zero attached hydrogens (tertiary/aromatic N) is 3. The van der Waals surface area contributed by atoms with Crippen molar-refractivity contribution in [2.45, 2.75) is 39.0 Å². The van der Waals surface area contributed by atoms with Crippen molar-refractivity contribution in [2.75, 3.05) is 28.6 Å². The summed E-state index contributed by atoms with van der Waals surface area (Å²) < 4.78 is 0. The molecule has 1 aromatic heterocycles. The molecule has 1 fully saturated rings. The molecule has 0 aliphatic carbocycles. The summed E-state index contributed by atoms with van der Waals surface area (Å²) >= 11 is 0. The van der Waals surface area contributed by atoms with Gasteiger partial charge in [0.05, 0.1) is 0 Å². The first-order valence-electron chi connectivity index (χ1n) is 9.00. The van der Waals surface area contributed by atoms with Gasteiger partial charge >= 0.3 is 0 Å². The topological polar surface area (TPSA) is 70.2 Å². The molecule has 6 heteroatoms. The summed E-state index contributed by atoms with van der Waals surface area (Å²) in [5.74, 6) is 1.09. The third-order valence-electron chi connectivity index (χ3n) is 4.27. The first-order valence-corrected chi connectivity index (χ1v) is 9.00. The molecule has 6 nitrogen and oxygen atoms in total. The Hall–Kier alpha value is -2.63. The number of rotatable bonds is 6. The Morgan fingerprint density at radius 2 is 1.68 bits per heavy atom. The lowest BCUT2D eigenvalue weighted by molar-refractivity contribution is -0.116. The quantitative estimate of drug-likeness (QED) is 0.834. The molecule has 0 saturated carbocycles. The van der Waals surface area contributed by atoms with Crippen molar-refractivity contribution in [2.24, 2.45) is 0 Å². The van der Waals surface area contributed by atoms with Crippen LogP contribution in [0.4, 0.5) is 23.0 Å². The van der Waals surface area contributed by atoms with E-state index in [0.29, 0.717) is 18.1 Å². The second-order valence-corrected chi connectivity index (χ2v) is 6.32. The molecule has 0 atom stereocenters. The van der Waals surface area contributed by atoms with Crippen molar-refractivity contribution >= 4 is 28.9 Å². The summed E-state index contributed by atoms with van der Waals surface area (Å²) in [6.07, 6.45) is 5.19. The second kappa shape index (κ2) is 8.46. The van der Waals surface area contributed by atoms with E-state index in [4.69, 9.17) is 0 Å². The Morgan fingerprint density at radius 1 is 1.00 bits per heavy atom. The summed E-state index contributed by atoms with van der Waals surface area (Å²) in [7, 11) is 0. The zero-order valence-corrected chi connectivity index (χ0v) is 14.7. The van der Waals surface area contributed by atoms with Gasteiger partial charge in [0.15, 0.2) is 11.6 Å². The van der Waals surface area contributed by atoms with Crippen molar-refractivity contribution in [1.29, 1.82) is 0 Å². The van der Waals surface area contributed by atoms with E-state index in [1.54, 1.807) is 6.07 Å². The molecule has 2 aromatic rings. The predicted molar refractivity (Wildman–Crippen MR) is 101 cm³/mol. The second-order valence-electron chi connectivity index (χ2n) is 6.32. The Balaban J connectivity index is 1.57. The monoisotopic (exact) mass is 339 g/mol. The number of benzene rings is 1. The van der Waals surface area contributed by atoms with Gasteiger partial charge in [-0.25, -0.2) is 0 Å². The van der Waals surface area contributed by atoms with Crippen molar-refractivity contribution in [3.05, 3.63) is 36.4 Å². The van der Waals surface area contributed by atoms with Crippen LogP contribution >= 0.6 is 0 Å². The van der Waals surface area contributed by atoms with Gasteiger partial charge in [0.25, 0.3) is 0 Å². The molecular formula is C19H25N5O. The lowest BCUT2D eigenvalue weighted by Crippen LogP contribution is -2.29. The molecular weight excluding hydrogens is 314 g/mol. The lowest BCUT2D eigenvalue weighted by Gasteiger charge is -2.28. The van der Waals surface area contributed by atoms with Crippen LogP contribution in [0.2, 0.25) is 0 Å². The van der Waals surface area contributed by atoms with Crippen molar-refractivity contribution in [1.82, 2.24) is 10.2 Å². The van der Waals surface area contributed by atoms with Gasteiger partial charge in [0.2, 0.25) is 5.91 Å². The SMILES string of the molecule is CCCC(=O)Nc1ccc(Nc2ccc(N3CCCCC3)cc2)nn1. The number of hydrogen-bond donors (Lipinski definition) is 2. The van der Waals surface area contributed by atoms with Crippen molar-refractivity contribution < 1.29 is 4.79 Å². The molecule has 2 heterocycles. The molecule has 1 aliphatic heterocycles. The van der Waals surface area contributed by atoms with Gasteiger partial charge in [-0.3, -0.25) is 4.79 Å². The first-order chi connectivity index (χ1) is 12.2. The molecule has 1 aromatic carbocycles. The molecule has 2 N–H and O–H groups in total. The van der Waals surface area contributed by atoms with Crippen LogP contribution in [-0.2, 0) is 4.79 Å². The van der Waals surface area contributed by atoms with Gasteiger partial charge < -0.3 is 15.5 Å². The summed E-state index contributed by atoms with van der Waals surface area (Å²) in [4.78, 5) is 14.0. The summed E-state index contributed by atoms with van der Waals surface area (Å²) in [6, 6.07) is 12.0. The highest BCUT2D eigenvalue weighted by Crippen LogP contribution is 2.23. The van der Waals surface area contributed by atoms with E-state index in [-0.39, 0.29) is 5.91 Å². The predicted octanol–water partition coefficient (Wildman–Crippen LogP) is 3.95. The third kappa shape index (κ3) is 4.92. The molecule has 1 aliphatic rings. The van der Waals surface area contributed by atoms with Gasteiger partial charge in [-0.2, -0.15) is 0 Å². The van der Waals surface area contributed by atoms with Gasteiger partial charge in [0.1, 0.15) is 0 Å². The largest absolute Gasteiger partial charge is 0.372 e. The Bertz CT molecular complexity index is 678. The van der Waals surface area contributed by atoms with Gasteiger partial charge in [-0.15, -0.1) is 10.2 Å². The smallest absolute Gasteiger partial charge is 0.225 e. The van der Waals surface area contributed by atoms with Gasteiger partial charge in [-0.05, 0) is 62.1 Å². The van der Waals surface area contributed by atoms with Crippen LogP contribution in [0.1, 0.15) is 39.0 Å². The maximum atomic E-state index is 11.6. The van der Waals surface area contributed by atoms with Gasteiger partial charge in [0, 0.05) is 30.9 Å². The Kier molecular flexibility index (Phi) is 5.82. The fraction of sp³-hybridized carbons (Fsp3) is 0.421. The van der Waals surface area contributed by atoms with Crippen molar-refractivity contribution in [3.8, 4) is 0 Å². The molecule has 1 saturated heterocycles. The first kappa shape index (κ1) is 17.2. The van der Waals surface area contributed by atoms with E-state index in [1.165, 1.54) is 24.9 Å². The lowest BCUT2D eigenvalue weighted by atomic mass is 10.1. The standard InChI is InChI=1S/C19H25N5O/c1-2-6-19(25)21-18-12-11-17(22-23-18)20-15-7-9-16(10-8-15)24-13-4-3-5-14-24/h7-12H,2-6,13-14H2,1H3,(H,20,22)(H,21,23,25). The summed E-state index contributed by atoms with van der Waals surface area (Å²) in [5, 5.41) is 14.1. The van der Waals surface area contributed by atoms with E-state index in [9.17, 15) is 4.79 Å². The molecule has 3 rings (SSSR count). The number of aromatic nitrogens is 2. The van der Waals surface area contributed by atoms with Crippen LogP contribution in [0.25, 0.3) is 0 Å². The summed E-state index contributed by atoms with van der Waals surface area (Å²) in [6.45, 7) is 4.25. The highest BCUT2D eigenvalue weighted by molar-refractivity contribution is 5.89. The normalized spacial score (nSPS) is 14.2. The zero-order valence-electron chi connectivity index (χ0n) is 14.7. The molecule has 25 heavy (non-hydrogen) atoms. The minimum Gasteiger partial charge on any atom is -0.372 e. The summed E-state index contributed by atoms with van der Waals surface area (Å²) in [5.41, 5.74) is 2.24. The maximum Gasteiger partial charge on any atom is 0.225 e. The number of amides is 1. The number of nitrogens with one attached hydrogen (secondary N) is 2. The van der Waals surface area contributed by atoms with E-state index in [1.807, 2.05) is 13.0 Å². The number of piperidine rings is 1. The fourth-order valence-corrected chi connectivity index (χ4v) is 2.95.